The zero-order chi connectivity index (χ0) is 21.4. The Morgan fingerprint density at radius 2 is 1.87 bits per heavy atom. The molecule has 0 saturated carbocycles. The van der Waals surface area contributed by atoms with E-state index in [0.717, 1.165) is 39.9 Å². The molecule has 0 unspecified atom stereocenters. The third-order valence-electron chi connectivity index (χ3n) is 5.64. The summed E-state index contributed by atoms with van der Waals surface area (Å²) in [7, 11) is 0. The van der Waals surface area contributed by atoms with E-state index >= 15 is 0 Å². The Morgan fingerprint density at radius 1 is 1.00 bits per heavy atom. The molecule has 0 spiro atoms. The number of benzene rings is 2. The zero-order valence-corrected chi connectivity index (χ0v) is 17.4. The van der Waals surface area contributed by atoms with Gasteiger partial charge in [0.15, 0.2) is 0 Å². The average molecular weight is 414 g/mol. The topological polar surface area (TPSA) is 81.4 Å². The molecule has 0 aliphatic carbocycles. The van der Waals surface area contributed by atoms with Crippen molar-refractivity contribution in [1.82, 2.24) is 19.9 Å². The Morgan fingerprint density at radius 3 is 2.77 bits per heavy atom. The van der Waals surface area contributed by atoms with Crippen molar-refractivity contribution in [2.75, 3.05) is 17.2 Å². The highest BCUT2D eigenvalue weighted by atomic mass is 19.1. The van der Waals surface area contributed by atoms with Crippen molar-refractivity contribution >= 4 is 39.3 Å². The van der Waals surface area contributed by atoms with Gasteiger partial charge in [0.2, 0.25) is 5.95 Å². The van der Waals surface area contributed by atoms with Gasteiger partial charge in [-0.05, 0) is 73.9 Å². The van der Waals surface area contributed by atoms with E-state index in [-0.39, 0.29) is 5.82 Å². The third kappa shape index (κ3) is 3.82. The van der Waals surface area contributed by atoms with Gasteiger partial charge in [-0.3, -0.25) is 0 Å². The lowest BCUT2D eigenvalue weighted by Gasteiger charge is -2.09. The number of nitrogens with one attached hydrogen (secondary N) is 4. The number of hydrogen-bond donors (Lipinski definition) is 4. The van der Waals surface area contributed by atoms with Crippen LogP contribution in [0.1, 0.15) is 16.8 Å². The fraction of sp³-hybridized carbons (Fsp3) is 0.167. The van der Waals surface area contributed by atoms with Crippen LogP contribution in [-0.4, -0.2) is 26.5 Å². The maximum Gasteiger partial charge on any atom is 0.224 e. The smallest absolute Gasteiger partial charge is 0.224 e. The largest absolute Gasteiger partial charge is 0.361 e. The summed E-state index contributed by atoms with van der Waals surface area (Å²) < 4.78 is 13.6. The molecule has 31 heavy (non-hydrogen) atoms. The summed E-state index contributed by atoms with van der Waals surface area (Å²) in [5, 5.41) is 8.72. The lowest BCUT2D eigenvalue weighted by atomic mass is 10.1. The van der Waals surface area contributed by atoms with Crippen molar-refractivity contribution in [2.45, 2.75) is 20.3 Å². The summed E-state index contributed by atoms with van der Waals surface area (Å²) >= 11 is 0. The van der Waals surface area contributed by atoms with E-state index in [4.69, 9.17) is 0 Å². The van der Waals surface area contributed by atoms with Crippen molar-refractivity contribution in [1.29, 1.82) is 0 Å². The van der Waals surface area contributed by atoms with Crippen LogP contribution in [0.15, 0.2) is 54.9 Å². The minimum absolute atomic E-state index is 0.230. The lowest BCUT2D eigenvalue weighted by molar-refractivity contribution is 0.629. The predicted molar refractivity (Wildman–Crippen MR) is 124 cm³/mol. The van der Waals surface area contributed by atoms with Crippen LogP contribution in [0.2, 0.25) is 0 Å². The molecule has 0 saturated heterocycles. The number of hydrogen-bond acceptors (Lipinski definition) is 4. The Bertz CT molecular complexity index is 1380. The van der Waals surface area contributed by atoms with Crippen LogP contribution >= 0.6 is 0 Å². The summed E-state index contributed by atoms with van der Waals surface area (Å²) in [5.74, 6) is 1.04. The number of aryl methyl sites for hydroxylation is 2. The highest BCUT2D eigenvalue weighted by Gasteiger charge is 2.07. The quantitative estimate of drug-likeness (QED) is 0.292. The highest BCUT2D eigenvalue weighted by molar-refractivity contribution is 5.88. The molecule has 3 aromatic heterocycles. The van der Waals surface area contributed by atoms with Gasteiger partial charge in [0.05, 0.1) is 0 Å². The zero-order valence-electron chi connectivity index (χ0n) is 17.4. The molecule has 4 N–H and O–H groups in total. The van der Waals surface area contributed by atoms with Crippen molar-refractivity contribution < 1.29 is 4.39 Å². The molecule has 0 radical (unpaired) electrons. The first-order chi connectivity index (χ1) is 15.1. The van der Waals surface area contributed by atoms with Crippen LogP contribution in [0, 0.1) is 19.7 Å². The number of halogens is 1. The molecule has 0 amide bonds. The van der Waals surface area contributed by atoms with Crippen LogP contribution in [0.25, 0.3) is 21.8 Å². The Balaban J connectivity index is 1.27. The third-order valence-corrected chi connectivity index (χ3v) is 5.64. The molecule has 0 fully saturated rings. The van der Waals surface area contributed by atoms with Gasteiger partial charge in [0.25, 0.3) is 0 Å². The first-order valence-electron chi connectivity index (χ1n) is 10.3. The second-order valence-corrected chi connectivity index (χ2v) is 7.71. The van der Waals surface area contributed by atoms with Gasteiger partial charge in [-0.25, -0.2) is 9.37 Å². The molecule has 0 bridgehead atoms. The molecule has 5 aromatic rings. The van der Waals surface area contributed by atoms with Gasteiger partial charge >= 0.3 is 0 Å². The van der Waals surface area contributed by atoms with Crippen molar-refractivity contribution in [3.63, 3.8) is 0 Å². The SMILES string of the molecule is Cc1[nH]c2ccc(Nc3ccnc(NCCc4c[nH]c5ccc(F)cc45)n3)cc2c1C. The van der Waals surface area contributed by atoms with Gasteiger partial charge in [0, 0.05) is 52.1 Å². The molecule has 3 heterocycles. The van der Waals surface area contributed by atoms with Crippen LogP contribution < -0.4 is 10.6 Å². The van der Waals surface area contributed by atoms with Crippen LogP contribution in [-0.2, 0) is 6.42 Å². The molecule has 6 nitrogen and oxygen atoms in total. The maximum absolute atomic E-state index is 13.6. The van der Waals surface area contributed by atoms with E-state index in [2.05, 4.69) is 56.5 Å². The summed E-state index contributed by atoms with van der Waals surface area (Å²) in [6.45, 7) is 4.84. The number of rotatable bonds is 6. The standard InChI is InChI=1S/C24H23FN6/c1-14-15(2)29-22-6-4-18(12-19(14)22)30-23-8-10-27-24(31-23)26-9-7-16-13-28-21-5-3-17(25)11-20(16)21/h3-6,8,10-13,28-29H,7,9H2,1-2H3,(H2,26,27,30,31). The molecule has 7 heteroatoms. The molecule has 0 atom stereocenters. The molecular weight excluding hydrogens is 391 g/mol. The number of aromatic nitrogens is 4. The summed E-state index contributed by atoms with van der Waals surface area (Å²) in [5.41, 5.74) is 6.52. The van der Waals surface area contributed by atoms with Gasteiger partial charge in [0.1, 0.15) is 11.6 Å². The summed E-state index contributed by atoms with van der Waals surface area (Å²) in [4.78, 5) is 15.4. The number of fused-ring (bicyclic) bond motifs is 2. The summed E-state index contributed by atoms with van der Waals surface area (Å²) in [6, 6.07) is 12.8. The minimum atomic E-state index is -0.230. The number of aromatic amines is 2. The van der Waals surface area contributed by atoms with Gasteiger partial charge in [-0.1, -0.05) is 0 Å². The van der Waals surface area contributed by atoms with Gasteiger partial charge < -0.3 is 20.6 Å². The van der Waals surface area contributed by atoms with E-state index in [9.17, 15) is 4.39 Å². The molecular formula is C24H23FN6. The first kappa shape index (κ1) is 19.1. The fourth-order valence-corrected chi connectivity index (χ4v) is 3.87. The number of anilines is 3. The Hall–Kier alpha value is -3.87. The van der Waals surface area contributed by atoms with Crippen LogP contribution in [0.3, 0.4) is 0 Å². The fourth-order valence-electron chi connectivity index (χ4n) is 3.87. The van der Waals surface area contributed by atoms with E-state index in [1.54, 1.807) is 18.3 Å². The minimum Gasteiger partial charge on any atom is -0.361 e. The second-order valence-electron chi connectivity index (χ2n) is 7.71. The Labute approximate surface area is 178 Å². The van der Waals surface area contributed by atoms with Crippen molar-refractivity contribution in [3.05, 3.63) is 77.5 Å². The summed E-state index contributed by atoms with van der Waals surface area (Å²) in [6.07, 6.45) is 4.38. The van der Waals surface area contributed by atoms with Crippen LogP contribution in [0.5, 0.6) is 0 Å². The van der Waals surface area contributed by atoms with Crippen molar-refractivity contribution in [3.8, 4) is 0 Å². The van der Waals surface area contributed by atoms with E-state index in [0.29, 0.717) is 12.5 Å². The normalized spacial score (nSPS) is 11.3. The molecule has 2 aromatic carbocycles. The predicted octanol–water partition coefficient (Wildman–Crippen LogP) is 5.59. The average Bonchev–Trinajstić information content (AvgIpc) is 3.29. The maximum atomic E-state index is 13.6. The highest BCUT2D eigenvalue weighted by Crippen LogP contribution is 2.26. The number of nitrogens with zero attached hydrogens (tertiary/aromatic N) is 2. The second kappa shape index (κ2) is 7.75. The van der Waals surface area contributed by atoms with Crippen molar-refractivity contribution in [2.24, 2.45) is 0 Å². The molecule has 156 valence electrons. The van der Waals surface area contributed by atoms with Gasteiger partial charge in [-0.2, -0.15) is 4.98 Å². The van der Waals surface area contributed by atoms with E-state index in [1.165, 1.54) is 22.7 Å². The molecule has 0 aliphatic heterocycles. The molecule has 0 aliphatic rings. The van der Waals surface area contributed by atoms with Gasteiger partial charge in [-0.15, -0.1) is 0 Å². The van der Waals surface area contributed by atoms with E-state index < -0.39 is 0 Å². The lowest BCUT2D eigenvalue weighted by Crippen LogP contribution is -2.08. The molecule has 5 rings (SSSR count). The van der Waals surface area contributed by atoms with E-state index in [1.807, 2.05) is 18.3 Å². The Kier molecular flexibility index (Phi) is 4.78. The monoisotopic (exact) mass is 414 g/mol. The number of H-pyrrole nitrogens is 2. The first-order valence-corrected chi connectivity index (χ1v) is 10.3. The van der Waals surface area contributed by atoms with Crippen LogP contribution in [0.4, 0.5) is 21.8 Å².